The van der Waals surface area contributed by atoms with Crippen LogP contribution in [0.2, 0.25) is 0 Å². The van der Waals surface area contributed by atoms with E-state index in [1.54, 1.807) is 12.4 Å². The second-order valence-electron chi connectivity index (χ2n) is 8.69. The van der Waals surface area contributed by atoms with Crippen LogP contribution in [0.5, 0.6) is 0 Å². The number of nitriles is 1. The summed E-state index contributed by atoms with van der Waals surface area (Å²) in [5, 5.41) is 12.9. The second kappa shape index (κ2) is 8.56. The molecule has 4 rings (SSSR count). The van der Waals surface area contributed by atoms with Crippen LogP contribution in [0.1, 0.15) is 43.2 Å². The molecule has 2 aromatic rings. The maximum Gasteiger partial charge on any atom is 0.140 e. The summed E-state index contributed by atoms with van der Waals surface area (Å²) in [5.74, 6) is 1.26. The molecule has 6 heteroatoms. The lowest BCUT2D eigenvalue weighted by molar-refractivity contribution is -0.129. The van der Waals surface area contributed by atoms with Gasteiger partial charge < -0.3 is 10.2 Å². The number of ketones is 1. The van der Waals surface area contributed by atoms with Crippen molar-refractivity contribution in [3.05, 3.63) is 35.7 Å². The molecule has 2 aliphatic heterocycles. The zero-order valence-corrected chi connectivity index (χ0v) is 17.3. The number of hydrogen-bond donors (Lipinski definition) is 1. The average molecular weight is 392 g/mol. The first kappa shape index (κ1) is 19.9. The molecule has 0 spiro atoms. The Morgan fingerprint density at radius 1 is 1.21 bits per heavy atom. The molecule has 0 amide bonds. The van der Waals surface area contributed by atoms with Gasteiger partial charge >= 0.3 is 0 Å². The molecule has 2 fully saturated rings. The summed E-state index contributed by atoms with van der Waals surface area (Å²) in [6, 6.07) is 6.03. The van der Waals surface area contributed by atoms with E-state index in [-0.39, 0.29) is 17.8 Å². The Morgan fingerprint density at radius 2 is 1.93 bits per heavy atom. The van der Waals surface area contributed by atoms with Crippen molar-refractivity contribution in [3.63, 3.8) is 0 Å². The van der Waals surface area contributed by atoms with Gasteiger partial charge in [0, 0.05) is 37.3 Å². The summed E-state index contributed by atoms with van der Waals surface area (Å²) in [6.07, 6.45) is 6.36. The summed E-state index contributed by atoms with van der Waals surface area (Å²) in [4.78, 5) is 24.5. The fourth-order valence-corrected chi connectivity index (χ4v) is 5.03. The van der Waals surface area contributed by atoms with Gasteiger partial charge in [0.1, 0.15) is 17.4 Å². The molecule has 0 aliphatic carbocycles. The molecule has 152 valence electrons. The molecular formula is C23H29N5O. The first-order valence-corrected chi connectivity index (χ1v) is 10.6. The molecule has 2 saturated heterocycles. The Kier molecular flexibility index (Phi) is 5.89. The minimum absolute atomic E-state index is 0.0331. The van der Waals surface area contributed by atoms with Gasteiger partial charge in [0.25, 0.3) is 0 Å². The van der Waals surface area contributed by atoms with Gasteiger partial charge in [-0.2, -0.15) is 5.26 Å². The van der Waals surface area contributed by atoms with Gasteiger partial charge in [-0.25, -0.2) is 0 Å². The number of nitrogens with zero attached hydrogens (tertiary/aromatic N) is 4. The van der Waals surface area contributed by atoms with Gasteiger partial charge in [-0.05, 0) is 62.9 Å². The van der Waals surface area contributed by atoms with E-state index in [1.165, 1.54) is 0 Å². The van der Waals surface area contributed by atoms with Crippen LogP contribution in [-0.4, -0.2) is 53.9 Å². The van der Waals surface area contributed by atoms with Crippen molar-refractivity contribution in [2.24, 2.45) is 17.8 Å². The Labute approximate surface area is 172 Å². The summed E-state index contributed by atoms with van der Waals surface area (Å²) < 4.78 is 0. The molecule has 3 atom stereocenters. The minimum atomic E-state index is 0.0331. The number of hydrogen-bond acceptors (Lipinski definition) is 6. The van der Waals surface area contributed by atoms with Crippen LogP contribution >= 0.6 is 0 Å². The highest BCUT2D eigenvalue weighted by molar-refractivity contribution is 5.85. The molecule has 1 aromatic carbocycles. The van der Waals surface area contributed by atoms with Crippen molar-refractivity contribution in [1.29, 1.82) is 5.26 Å². The predicted molar refractivity (Wildman–Crippen MR) is 112 cm³/mol. The lowest BCUT2D eigenvalue weighted by Gasteiger charge is -2.36. The van der Waals surface area contributed by atoms with Crippen molar-refractivity contribution in [2.45, 2.75) is 32.1 Å². The summed E-state index contributed by atoms with van der Waals surface area (Å²) >= 11 is 0. The lowest BCUT2D eigenvalue weighted by Crippen LogP contribution is -2.43. The molecule has 2 aliphatic rings. The van der Waals surface area contributed by atoms with E-state index in [4.69, 9.17) is 0 Å². The predicted octanol–water partition coefficient (Wildman–Crippen LogP) is 2.74. The Hall–Kier alpha value is -2.36. The van der Waals surface area contributed by atoms with E-state index in [0.29, 0.717) is 22.8 Å². The number of piperidine rings is 2. The maximum absolute atomic E-state index is 13.3. The zero-order chi connectivity index (χ0) is 20.4. The second-order valence-corrected chi connectivity index (χ2v) is 8.69. The third kappa shape index (κ3) is 4.03. The van der Waals surface area contributed by atoms with Crippen LogP contribution in [0.4, 0.5) is 0 Å². The topological polar surface area (TPSA) is 81.9 Å². The summed E-state index contributed by atoms with van der Waals surface area (Å²) in [7, 11) is 2.16. The highest BCUT2D eigenvalue weighted by Crippen LogP contribution is 2.34. The van der Waals surface area contributed by atoms with Gasteiger partial charge in [0.05, 0.1) is 11.1 Å². The number of rotatable bonds is 4. The minimum Gasteiger partial charge on any atom is -0.315 e. The third-order valence-corrected chi connectivity index (χ3v) is 6.89. The molecule has 6 nitrogen and oxygen atoms in total. The normalized spacial score (nSPS) is 24.9. The SMILES string of the molecule is C[C@H](C(=O)[C@@H]1CNC[C@@H](c2ccc(C#N)c3nccnc23)C1)C1CCN(C)CC1. The van der Waals surface area contributed by atoms with Crippen molar-refractivity contribution >= 4 is 16.8 Å². The van der Waals surface area contributed by atoms with Crippen LogP contribution in [0.15, 0.2) is 24.5 Å². The molecule has 0 saturated carbocycles. The highest BCUT2D eigenvalue weighted by Gasteiger charge is 2.35. The van der Waals surface area contributed by atoms with E-state index in [2.05, 4.69) is 40.2 Å². The molecule has 0 unspecified atom stereocenters. The quantitative estimate of drug-likeness (QED) is 0.863. The number of Topliss-reactive ketones (excluding diaryl/α,β-unsaturated/α-hetero) is 1. The summed E-state index contributed by atoms with van der Waals surface area (Å²) in [5.41, 5.74) is 3.07. The first-order chi connectivity index (χ1) is 14.1. The highest BCUT2D eigenvalue weighted by atomic mass is 16.1. The van der Waals surface area contributed by atoms with E-state index >= 15 is 0 Å². The number of carbonyl (C=O) groups excluding carboxylic acids is 1. The third-order valence-electron chi connectivity index (χ3n) is 6.89. The monoisotopic (exact) mass is 391 g/mol. The van der Waals surface area contributed by atoms with Crippen molar-refractivity contribution in [3.8, 4) is 6.07 Å². The molecule has 29 heavy (non-hydrogen) atoms. The number of aromatic nitrogens is 2. The lowest BCUT2D eigenvalue weighted by atomic mass is 9.75. The standard InChI is InChI=1S/C23H29N5O/c1-15(16-5-9-28(2)10-6-16)23(29)19-11-18(13-25-14-19)20-4-3-17(12-24)21-22(20)27-8-7-26-21/h3-4,7-8,15-16,18-19,25H,5-6,9-11,13-14H2,1-2H3/t15-,18-,19-/m0/s1. The largest absolute Gasteiger partial charge is 0.315 e. The maximum atomic E-state index is 13.3. The van der Waals surface area contributed by atoms with E-state index < -0.39 is 0 Å². The number of benzene rings is 1. The first-order valence-electron chi connectivity index (χ1n) is 10.6. The van der Waals surface area contributed by atoms with Gasteiger partial charge in [-0.15, -0.1) is 0 Å². The van der Waals surface area contributed by atoms with Gasteiger partial charge in [-0.3, -0.25) is 14.8 Å². The van der Waals surface area contributed by atoms with Crippen molar-refractivity contribution < 1.29 is 4.79 Å². The van der Waals surface area contributed by atoms with Gasteiger partial charge in [-0.1, -0.05) is 13.0 Å². The van der Waals surface area contributed by atoms with Crippen LogP contribution in [0, 0.1) is 29.1 Å². The molecule has 1 aromatic heterocycles. The number of carbonyl (C=O) groups is 1. The Balaban J connectivity index is 1.52. The molecule has 0 radical (unpaired) electrons. The fraction of sp³-hybridized carbons (Fsp3) is 0.565. The van der Waals surface area contributed by atoms with Crippen molar-refractivity contribution in [2.75, 3.05) is 33.2 Å². The van der Waals surface area contributed by atoms with Gasteiger partial charge in [0.2, 0.25) is 0 Å². The Morgan fingerprint density at radius 3 is 2.66 bits per heavy atom. The van der Waals surface area contributed by atoms with E-state index in [1.807, 2.05) is 12.1 Å². The molecule has 1 N–H and O–H groups in total. The fourth-order valence-electron chi connectivity index (χ4n) is 5.03. The molecular weight excluding hydrogens is 362 g/mol. The summed E-state index contributed by atoms with van der Waals surface area (Å²) in [6.45, 7) is 5.88. The molecule has 3 heterocycles. The smallest absolute Gasteiger partial charge is 0.140 e. The number of fused-ring (bicyclic) bond motifs is 1. The number of nitrogens with one attached hydrogen (secondary N) is 1. The van der Waals surface area contributed by atoms with E-state index in [0.717, 1.165) is 56.5 Å². The van der Waals surface area contributed by atoms with E-state index in [9.17, 15) is 10.1 Å². The van der Waals surface area contributed by atoms with Crippen LogP contribution in [-0.2, 0) is 4.79 Å². The van der Waals surface area contributed by atoms with Crippen molar-refractivity contribution in [1.82, 2.24) is 20.2 Å². The Bertz CT molecular complexity index is 929. The van der Waals surface area contributed by atoms with Crippen LogP contribution in [0.25, 0.3) is 11.0 Å². The number of likely N-dealkylation sites (tertiary alicyclic amines) is 1. The zero-order valence-electron chi connectivity index (χ0n) is 17.3. The molecule has 0 bridgehead atoms. The average Bonchev–Trinajstić information content (AvgIpc) is 2.78. The van der Waals surface area contributed by atoms with Crippen LogP contribution in [0.3, 0.4) is 0 Å². The van der Waals surface area contributed by atoms with Gasteiger partial charge in [0.15, 0.2) is 0 Å². The van der Waals surface area contributed by atoms with Crippen LogP contribution < -0.4 is 5.32 Å².